The van der Waals surface area contributed by atoms with Crippen molar-refractivity contribution in [2.45, 2.75) is 31.4 Å². The fraction of sp³-hybridized carbons (Fsp3) is 0.818. The molecule has 0 aromatic heterocycles. The predicted octanol–water partition coefficient (Wildman–Crippen LogP) is -0.229. The molecular weight excluding hydrogens is 226 g/mol. The maximum Gasteiger partial charge on any atom is 0.306 e. The number of hydrogen-bond donors (Lipinski definition) is 2. The number of carbonyl (C=O) groups is 2. The number of nitrogens with one attached hydrogen (secondary N) is 1. The average molecular weight is 243 g/mol. The Balaban J connectivity index is 1.77. The van der Waals surface area contributed by atoms with Gasteiger partial charge in [0, 0.05) is 6.04 Å². The van der Waals surface area contributed by atoms with Gasteiger partial charge in [-0.25, -0.2) is 0 Å². The van der Waals surface area contributed by atoms with Gasteiger partial charge < -0.3 is 19.9 Å². The van der Waals surface area contributed by atoms with Gasteiger partial charge in [-0.05, 0) is 19.3 Å². The summed E-state index contributed by atoms with van der Waals surface area (Å²) in [6, 6.07) is -0.0471. The second-order valence-electron chi connectivity index (χ2n) is 4.49. The third-order valence-electron chi connectivity index (χ3n) is 3.24. The van der Waals surface area contributed by atoms with Crippen molar-refractivity contribution in [2.24, 2.45) is 5.92 Å². The smallest absolute Gasteiger partial charge is 0.306 e. The maximum atomic E-state index is 11.8. The molecule has 2 rings (SSSR count). The van der Waals surface area contributed by atoms with Gasteiger partial charge in [-0.2, -0.15) is 0 Å². The molecule has 2 fully saturated rings. The molecule has 0 bridgehead atoms. The number of amides is 1. The number of aliphatic carboxylic acids is 1. The number of hydrogen-bond acceptors (Lipinski definition) is 4. The molecule has 1 amide bonds. The van der Waals surface area contributed by atoms with E-state index < -0.39 is 12.1 Å². The Labute approximate surface area is 99.3 Å². The van der Waals surface area contributed by atoms with E-state index in [1.54, 1.807) is 0 Å². The molecule has 3 atom stereocenters. The molecule has 1 heterocycles. The molecule has 1 aliphatic carbocycles. The Bertz CT molecular complexity index is 300. The molecule has 1 saturated carbocycles. The van der Waals surface area contributed by atoms with Crippen molar-refractivity contribution in [3.05, 3.63) is 0 Å². The standard InChI is InChI=1S/C11H17NO5/c13-10(9-6-16-3-4-17-9)12-8-2-1-7(5-8)11(14)15/h7-9H,1-6H2,(H,12,13)(H,14,15). The first-order valence-corrected chi connectivity index (χ1v) is 5.89. The second kappa shape index (κ2) is 5.46. The summed E-state index contributed by atoms with van der Waals surface area (Å²) in [4.78, 5) is 22.5. The van der Waals surface area contributed by atoms with E-state index in [4.69, 9.17) is 14.6 Å². The molecule has 3 unspecified atom stereocenters. The highest BCUT2D eigenvalue weighted by Gasteiger charge is 2.32. The second-order valence-corrected chi connectivity index (χ2v) is 4.49. The van der Waals surface area contributed by atoms with Crippen molar-refractivity contribution < 1.29 is 24.2 Å². The zero-order valence-electron chi connectivity index (χ0n) is 9.55. The van der Waals surface area contributed by atoms with Crippen LogP contribution in [0.4, 0.5) is 0 Å². The normalized spacial score (nSPS) is 33.3. The van der Waals surface area contributed by atoms with Gasteiger partial charge in [0.1, 0.15) is 0 Å². The van der Waals surface area contributed by atoms with E-state index in [-0.39, 0.29) is 24.5 Å². The third kappa shape index (κ3) is 3.17. The molecular formula is C11H17NO5. The van der Waals surface area contributed by atoms with E-state index in [9.17, 15) is 9.59 Å². The molecule has 2 N–H and O–H groups in total. The van der Waals surface area contributed by atoms with E-state index >= 15 is 0 Å². The summed E-state index contributed by atoms with van der Waals surface area (Å²) in [6.07, 6.45) is 1.31. The fourth-order valence-electron chi connectivity index (χ4n) is 2.27. The van der Waals surface area contributed by atoms with Crippen LogP contribution >= 0.6 is 0 Å². The van der Waals surface area contributed by atoms with Gasteiger partial charge in [0.15, 0.2) is 6.10 Å². The minimum atomic E-state index is -0.779. The zero-order valence-corrected chi connectivity index (χ0v) is 9.55. The summed E-state index contributed by atoms with van der Waals surface area (Å²) in [5.74, 6) is -1.30. The van der Waals surface area contributed by atoms with Crippen LogP contribution in [0.3, 0.4) is 0 Å². The molecule has 1 aliphatic heterocycles. The molecule has 2 aliphatic rings. The summed E-state index contributed by atoms with van der Waals surface area (Å²) >= 11 is 0. The van der Waals surface area contributed by atoms with Crippen molar-refractivity contribution in [2.75, 3.05) is 19.8 Å². The van der Waals surface area contributed by atoms with Crippen molar-refractivity contribution in [3.63, 3.8) is 0 Å². The van der Waals surface area contributed by atoms with Gasteiger partial charge in [0.25, 0.3) is 5.91 Å². The number of ether oxygens (including phenoxy) is 2. The van der Waals surface area contributed by atoms with Crippen molar-refractivity contribution >= 4 is 11.9 Å². The van der Waals surface area contributed by atoms with Crippen LogP contribution in [0.25, 0.3) is 0 Å². The van der Waals surface area contributed by atoms with Gasteiger partial charge in [-0.15, -0.1) is 0 Å². The first-order chi connectivity index (χ1) is 8.16. The molecule has 6 nitrogen and oxygen atoms in total. The SMILES string of the molecule is O=C(O)C1CCC(NC(=O)C2COCCO2)C1. The fourth-order valence-corrected chi connectivity index (χ4v) is 2.27. The van der Waals surface area contributed by atoms with Gasteiger partial charge in [-0.1, -0.05) is 0 Å². The summed E-state index contributed by atoms with van der Waals surface area (Å²) in [5.41, 5.74) is 0. The summed E-state index contributed by atoms with van der Waals surface area (Å²) in [7, 11) is 0. The number of carboxylic acid groups (broad SMARTS) is 1. The Morgan fingerprint density at radius 2 is 2.06 bits per heavy atom. The quantitative estimate of drug-likeness (QED) is 0.715. The summed E-state index contributed by atoms with van der Waals surface area (Å²) in [6.45, 7) is 1.23. The molecule has 0 aromatic rings. The molecule has 17 heavy (non-hydrogen) atoms. The third-order valence-corrected chi connectivity index (χ3v) is 3.24. The van der Waals surface area contributed by atoms with Crippen molar-refractivity contribution in [3.8, 4) is 0 Å². The van der Waals surface area contributed by atoms with Crippen LogP contribution in [0.5, 0.6) is 0 Å². The van der Waals surface area contributed by atoms with Gasteiger partial charge in [0.05, 0.1) is 25.7 Å². The van der Waals surface area contributed by atoms with E-state index in [1.807, 2.05) is 0 Å². The topological polar surface area (TPSA) is 84.9 Å². The van der Waals surface area contributed by atoms with Crippen LogP contribution in [0, 0.1) is 5.92 Å². The number of carbonyl (C=O) groups excluding carboxylic acids is 1. The number of rotatable bonds is 3. The zero-order chi connectivity index (χ0) is 12.3. The first kappa shape index (κ1) is 12.3. The summed E-state index contributed by atoms with van der Waals surface area (Å²) < 4.78 is 10.4. The van der Waals surface area contributed by atoms with Crippen molar-refractivity contribution in [1.29, 1.82) is 0 Å². The highest BCUT2D eigenvalue weighted by atomic mass is 16.6. The largest absolute Gasteiger partial charge is 0.481 e. The lowest BCUT2D eigenvalue weighted by Crippen LogP contribution is -2.46. The lowest BCUT2D eigenvalue weighted by atomic mass is 10.1. The number of carboxylic acids is 1. The Morgan fingerprint density at radius 3 is 2.65 bits per heavy atom. The average Bonchev–Trinajstić information content (AvgIpc) is 2.79. The van der Waals surface area contributed by atoms with Crippen LogP contribution in [0.1, 0.15) is 19.3 Å². The maximum absolute atomic E-state index is 11.8. The molecule has 0 aromatic carbocycles. The Morgan fingerprint density at radius 1 is 1.24 bits per heavy atom. The molecule has 1 saturated heterocycles. The van der Waals surface area contributed by atoms with Crippen LogP contribution < -0.4 is 5.32 Å². The van der Waals surface area contributed by atoms with Crippen LogP contribution in [0.15, 0.2) is 0 Å². The highest BCUT2D eigenvalue weighted by molar-refractivity contribution is 5.81. The molecule has 96 valence electrons. The first-order valence-electron chi connectivity index (χ1n) is 5.89. The Kier molecular flexibility index (Phi) is 3.96. The molecule has 0 spiro atoms. The van der Waals surface area contributed by atoms with Gasteiger partial charge >= 0.3 is 5.97 Å². The Hall–Kier alpha value is -1.14. The lowest BCUT2D eigenvalue weighted by molar-refractivity contribution is -0.148. The van der Waals surface area contributed by atoms with E-state index in [2.05, 4.69) is 5.32 Å². The van der Waals surface area contributed by atoms with E-state index in [0.717, 1.165) is 6.42 Å². The summed E-state index contributed by atoms with van der Waals surface area (Å²) in [5, 5.41) is 11.7. The van der Waals surface area contributed by atoms with Crippen LogP contribution in [-0.4, -0.2) is 48.9 Å². The monoisotopic (exact) mass is 243 g/mol. The molecule has 0 radical (unpaired) electrons. The van der Waals surface area contributed by atoms with E-state index in [0.29, 0.717) is 26.1 Å². The van der Waals surface area contributed by atoms with Crippen molar-refractivity contribution in [1.82, 2.24) is 5.32 Å². The minimum Gasteiger partial charge on any atom is -0.481 e. The predicted molar refractivity (Wildman–Crippen MR) is 57.5 cm³/mol. The highest BCUT2D eigenvalue weighted by Crippen LogP contribution is 2.25. The lowest BCUT2D eigenvalue weighted by Gasteiger charge is -2.23. The minimum absolute atomic E-state index is 0.0471. The van der Waals surface area contributed by atoms with Crippen LogP contribution in [-0.2, 0) is 19.1 Å². The van der Waals surface area contributed by atoms with E-state index in [1.165, 1.54) is 0 Å². The van der Waals surface area contributed by atoms with Gasteiger partial charge in [0.2, 0.25) is 0 Å². The molecule has 6 heteroatoms. The van der Waals surface area contributed by atoms with Crippen LogP contribution in [0.2, 0.25) is 0 Å². The van der Waals surface area contributed by atoms with Gasteiger partial charge in [-0.3, -0.25) is 9.59 Å².